The van der Waals surface area contributed by atoms with Gasteiger partial charge in [-0.1, -0.05) is 53.7 Å². The van der Waals surface area contributed by atoms with Crippen LogP contribution >= 0.6 is 0 Å². The van der Waals surface area contributed by atoms with Gasteiger partial charge in [-0.15, -0.1) is 0 Å². The average molecular weight is 397 g/mol. The molecule has 0 saturated heterocycles. The van der Waals surface area contributed by atoms with Gasteiger partial charge in [-0.25, -0.2) is 5.43 Å². The van der Waals surface area contributed by atoms with Crippen molar-refractivity contribution in [3.63, 3.8) is 0 Å². The Morgan fingerprint density at radius 3 is 2.00 bits per heavy atom. The van der Waals surface area contributed by atoms with E-state index in [2.05, 4.69) is 52.1 Å². The van der Waals surface area contributed by atoms with Crippen LogP contribution in [-0.4, -0.2) is 24.3 Å². The first-order valence-electron chi connectivity index (χ1n) is 9.74. The first-order valence-corrected chi connectivity index (χ1v) is 9.74. The maximum Gasteiger partial charge on any atom is 0.244 e. The number of phenols is 1. The summed E-state index contributed by atoms with van der Waals surface area (Å²) in [5, 5.41) is 14.9. The molecule has 2 aromatic carbocycles. The van der Waals surface area contributed by atoms with E-state index >= 15 is 0 Å². The van der Waals surface area contributed by atoms with Crippen molar-refractivity contribution in [2.75, 3.05) is 7.11 Å². The molecule has 0 fully saturated rings. The molecule has 0 bridgehead atoms. The molecule has 0 spiro atoms. The van der Waals surface area contributed by atoms with Gasteiger partial charge in [0.15, 0.2) is 0 Å². The summed E-state index contributed by atoms with van der Waals surface area (Å²) < 4.78 is 5.12. The number of carbonyl (C=O) groups excluding carboxylic acids is 1. The number of aromatic hydroxyl groups is 1. The van der Waals surface area contributed by atoms with Gasteiger partial charge >= 0.3 is 0 Å². The van der Waals surface area contributed by atoms with Crippen LogP contribution in [0.3, 0.4) is 0 Å². The van der Waals surface area contributed by atoms with E-state index in [1.807, 2.05) is 36.4 Å². The summed E-state index contributed by atoms with van der Waals surface area (Å²) in [4.78, 5) is 12.2. The molecule has 0 aliphatic heterocycles. The number of hydrogen-bond acceptors (Lipinski definition) is 4. The van der Waals surface area contributed by atoms with Crippen LogP contribution < -0.4 is 10.2 Å². The van der Waals surface area contributed by atoms with Gasteiger partial charge in [0.05, 0.1) is 19.7 Å². The van der Waals surface area contributed by atoms with Crippen molar-refractivity contribution in [1.82, 2.24) is 5.43 Å². The highest BCUT2D eigenvalue weighted by Crippen LogP contribution is 2.39. The Hall–Kier alpha value is -2.82. The van der Waals surface area contributed by atoms with Crippen molar-refractivity contribution >= 4 is 12.1 Å². The van der Waals surface area contributed by atoms with Gasteiger partial charge in [-0.2, -0.15) is 5.10 Å². The quantitative estimate of drug-likeness (QED) is 0.569. The summed E-state index contributed by atoms with van der Waals surface area (Å²) >= 11 is 0. The Labute approximate surface area is 173 Å². The molecule has 2 N–H and O–H groups in total. The van der Waals surface area contributed by atoms with Crippen LogP contribution in [0.25, 0.3) is 0 Å². The number of amides is 1. The van der Waals surface area contributed by atoms with E-state index < -0.39 is 0 Å². The van der Waals surface area contributed by atoms with E-state index in [1.165, 1.54) is 0 Å². The molecule has 0 atom stereocenters. The standard InChI is InChI=1S/C24H32N2O3/c1-23(2,3)19-12-17(13-20(22(19)28)24(4,5)6)15-25-26-21(27)14-16-8-10-18(29-7)11-9-16/h8-13,15,28H,14H2,1-7H3,(H,26,27)/b25-15-. The van der Waals surface area contributed by atoms with Gasteiger partial charge in [0.2, 0.25) is 5.91 Å². The zero-order valence-corrected chi connectivity index (χ0v) is 18.5. The summed E-state index contributed by atoms with van der Waals surface area (Å²) in [6.07, 6.45) is 1.85. The van der Waals surface area contributed by atoms with Crippen LogP contribution in [0.5, 0.6) is 11.5 Å². The predicted molar refractivity (Wildman–Crippen MR) is 118 cm³/mol. The van der Waals surface area contributed by atoms with Crippen LogP contribution in [-0.2, 0) is 22.0 Å². The SMILES string of the molecule is COc1ccc(CC(=O)N/N=C\c2cc(C(C)(C)C)c(O)c(C(C)(C)C)c2)cc1. The summed E-state index contributed by atoms with van der Waals surface area (Å²) in [5.41, 5.74) is 5.58. The minimum atomic E-state index is -0.217. The molecule has 0 aliphatic carbocycles. The zero-order chi connectivity index (χ0) is 21.8. The van der Waals surface area contributed by atoms with E-state index in [9.17, 15) is 9.90 Å². The number of phenolic OH excluding ortho intramolecular Hbond substituents is 1. The smallest absolute Gasteiger partial charge is 0.244 e. The fraction of sp³-hybridized carbons (Fsp3) is 0.417. The van der Waals surface area contributed by atoms with Gasteiger partial charge in [-0.3, -0.25) is 4.79 Å². The molecule has 156 valence electrons. The number of nitrogens with one attached hydrogen (secondary N) is 1. The lowest BCUT2D eigenvalue weighted by Gasteiger charge is -2.27. The van der Waals surface area contributed by atoms with Crippen LogP contribution in [0.2, 0.25) is 0 Å². The third-order valence-corrected chi connectivity index (χ3v) is 4.67. The normalized spacial score (nSPS) is 12.2. The fourth-order valence-corrected chi connectivity index (χ4v) is 3.02. The zero-order valence-electron chi connectivity index (χ0n) is 18.5. The number of rotatable bonds is 5. The van der Waals surface area contributed by atoms with Crippen molar-refractivity contribution in [3.8, 4) is 11.5 Å². The Kier molecular flexibility index (Phi) is 6.73. The first kappa shape index (κ1) is 22.5. The maximum atomic E-state index is 12.2. The molecule has 29 heavy (non-hydrogen) atoms. The van der Waals surface area contributed by atoms with Gasteiger partial charge in [-0.05, 0) is 46.2 Å². The van der Waals surface area contributed by atoms with Crippen LogP contribution in [0, 0.1) is 0 Å². The molecule has 0 heterocycles. The summed E-state index contributed by atoms with van der Waals surface area (Å²) in [6.45, 7) is 12.4. The highest BCUT2D eigenvalue weighted by molar-refractivity contribution is 5.84. The summed E-state index contributed by atoms with van der Waals surface area (Å²) in [6, 6.07) is 11.2. The molecule has 0 saturated carbocycles. The van der Waals surface area contributed by atoms with Gasteiger partial charge < -0.3 is 9.84 Å². The highest BCUT2D eigenvalue weighted by Gasteiger charge is 2.26. The molecular weight excluding hydrogens is 364 g/mol. The van der Waals surface area contributed by atoms with Crippen molar-refractivity contribution in [3.05, 3.63) is 58.7 Å². The Morgan fingerprint density at radius 2 is 1.55 bits per heavy atom. The number of carbonyl (C=O) groups is 1. The minimum Gasteiger partial charge on any atom is -0.507 e. The number of methoxy groups -OCH3 is 1. The van der Waals surface area contributed by atoms with Crippen molar-refractivity contribution < 1.29 is 14.6 Å². The molecule has 2 rings (SSSR count). The highest BCUT2D eigenvalue weighted by atomic mass is 16.5. The molecule has 0 aromatic heterocycles. The lowest BCUT2D eigenvalue weighted by Crippen LogP contribution is -2.20. The minimum absolute atomic E-state index is 0.197. The monoisotopic (exact) mass is 396 g/mol. The molecule has 0 unspecified atom stereocenters. The second-order valence-electron chi connectivity index (χ2n) is 9.28. The Balaban J connectivity index is 2.17. The van der Waals surface area contributed by atoms with Gasteiger partial charge in [0.25, 0.3) is 0 Å². The van der Waals surface area contributed by atoms with E-state index in [4.69, 9.17) is 4.74 Å². The lowest BCUT2D eigenvalue weighted by molar-refractivity contribution is -0.120. The van der Waals surface area contributed by atoms with E-state index in [0.717, 1.165) is 28.0 Å². The molecular formula is C24H32N2O3. The molecule has 0 radical (unpaired) electrons. The Bertz CT molecular complexity index is 851. The Morgan fingerprint density at radius 1 is 1.03 bits per heavy atom. The van der Waals surface area contributed by atoms with E-state index in [-0.39, 0.29) is 23.2 Å². The topological polar surface area (TPSA) is 70.9 Å². The van der Waals surface area contributed by atoms with E-state index in [0.29, 0.717) is 5.75 Å². The predicted octanol–water partition coefficient (Wildman–Crippen LogP) is 4.69. The van der Waals surface area contributed by atoms with Crippen LogP contribution in [0.15, 0.2) is 41.5 Å². The number of hydrogen-bond donors (Lipinski definition) is 2. The number of nitrogens with zero attached hydrogens (tertiary/aromatic N) is 1. The first-order chi connectivity index (χ1) is 13.4. The average Bonchev–Trinajstić information content (AvgIpc) is 2.61. The summed E-state index contributed by atoms with van der Waals surface area (Å²) in [5.74, 6) is 0.881. The van der Waals surface area contributed by atoms with Gasteiger partial charge in [0, 0.05) is 11.1 Å². The second kappa shape index (κ2) is 8.68. The summed E-state index contributed by atoms with van der Waals surface area (Å²) in [7, 11) is 1.61. The molecule has 0 aliphatic rings. The largest absolute Gasteiger partial charge is 0.507 e. The fourth-order valence-electron chi connectivity index (χ4n) is 3.02. The van der Waals surface area contributed by atoms with Crippen LogP contribution in [0.4, 0.5) is 0 Å². The van der Waals surface area contributed by atoms with Crippen molar-refractivity contribution in [1.29, 1.82) is 0 Å². The second-order valence-corrected chi connectivity index (χ2v) is 9.28. The van der Waals surface area contributed by atoms with Crippen molar-refractivity contribution in [2.45, 2.75) is 58.8 Å². The number of hydrazone groups is 1. The lowest BCUT2D eigenvalue weighted by atomic mass is 9.78. The third-order valence-electron chi connectivity index (χ3n) is 4.67. The van der Waals surface area contributed by atoms with Gasteiger partial charge in [0.1, 0.15) is 11.5 Å². The number of ether oxygens (including phenoxy) is 1. The van der Waals surface area contributed by atoms with Crippen LogP contribution in [0.1, 0.15) is 63.8 Å². The molecule has 2 aromatic rings. The molecule has 1 amide bonds. The number of benzene rings is 2. The third kappa shape index (κ3) is 6.08. The van der Waals surface area contributed by atoms with E-state index in [1.54, 1.807) is 13.3 Å². The molecule has 5 heteroatoms. The maximum absolute atomic E-state index is 12.2. The van der Waals surface area contributed by atoms with Crippen molar-refractivity contribution in [2.24, 2.45) is 5.10 Å². The molecule has 5 nitrogen and oxygen atoms in total.